The van der Waals surface area contributed by atoms with Crippen LogP contribution >= 0.6 is 0 Å². The largest absolute Gasteiger partial charge is 0.488 e. The fraction of sp³-hybridized carbons (Fsp3) is 0.133. The Kier molecular flexibility index (Phi) is 3.97. The molecule has 0 spiro atoms. The zero-order chi connectivity index (χ0) is 12.8. The molecular weight excluding hydrogens is 224 g/mol. The number of para-hydroxylation sites is 1. The lowest BCUT2D eigenvalue weighted by atomic mass is 10.1. The van der Waals surface area contributed by atoms with Gasteiger partial charge in [-0.15, -0.1) is 0 Å². The number of hydrazone groups is 1. The molecule has 2 aromatic rings. The third kappa shape index (κ3) is 2.88. The number of rotatable bonds is 4. The van der Waals surface area contributed by atoms with Gasteiger partial charge in [-0.2, -0.15) is 5.10 Å². The Morgan fingerprint density at radius 3 is 2.61 bits per heavy atom. The molecule has 0 saturated carbocycles. The molecular formula is C15H16N2O. The summed E-state index contributed by atoms with van der Waals surface area (Å²) in [6.07, 6.45) is 1.59. The fourth-order valence-corrected chi connectivity index (χ4v) is 1.73. The second-order valence-corrected chi connectivity index (χ2v) is 4.03. The Labute approximate surface area is 107 Å². The predicted molar refractivity (Wildman–Crippen MR) is 73.7 cm³/mol. The minimum Gasteiger partial charge on any atom is -0.488 e. The van der Waals surface area contributed by atoms with E-state index in [4.69, 9.17) is 10.6 Å². The first-order chi connectivity index (χ1) is 8.81. The van der Waals surface area contributed by atoms with E-state index in [9.17, 15) is 0 Å². The van der Waals surface area contributed by atoms with Gasteiger partial charge in [-0.1, -0.05) is 36.4 Å². The van der Waals surface area contributed by atoms with E-state index in [2.05, 4.69) is 24.2 Å². The first-order valence-corrected chi connectivity index (χ1v) is 5.81. The van der Waals surface area contributed by atoms with Crippen molar-refractivity contribution in [3.63, 3.8) is 0 Å². The van der Waals surface area contributed by atoms with E-state index in [1.165, 1.54) is 11.1 Å². The third-order valence-electron chi connectivity index (χ3n) is 2.78. The van der Waals surface area contributed by atoms with Gasteiger partial charge in [-0.25, -0.2) is 0 Å². The molecule has 0 aromatic heterocycles. The molecule has 92 valence electrons. The molecule has 2 rings (SSSR count). The van der Waals surface area contributed by atoms with E-state index in [0.717, 1.165) is 11.3 Å². The maximum atomic E-state index is 5.81. The highest BCUT2D eigenvalue weighted by molar-refractivity contribution is 5.83. The summed E-state index contributed by atoms with van der Waals surface area (Å²) in [5, 5.41) is 3.53. The van der Waals surface area contributed by atoms with E-state index in [-0.39, 0.29) is 0 Å². The van der Waals surface area contributed by atoms with Crippen LogP contribution < -0.4 is 10.6 Å². The number of aryl methyl sites for hydroxylation is 1. The first kappa shape index (κ1) is 12.2. The van der Waals surface area contributed by atoms with Gasteiger partial charge in [0.05, 0.1) is 6.21 Å². The van der Waals surface area contributed by atoms with Crippen molar-refractivity contribution in [3.05, 3.63) is 65.2 Å². The summed E-state index contributed by atoms with van der Waals surface area (Å²) >= 11 is 0. The Morgan fingerprint density at radius 1 is 1.11 bits per heavy atom. The molecule has 0 aliphatic heterocycles. The third-order valence-corrected chi connectivity index (χ3v) is 2.78. The van der Waals surface area contributed by atoms with Crippen molar-refractivity contribution in [3.8, 4) is 5.75 Å². The van der Waals surface area contributed by atoms with Crippen LogP contribution in [0.3, 0.4) is 0 Å². The fourth-order valence-electron chi connectivity index (χ4n) is 1.73. The Hall–Kier alpha value is -2.29. The van der Waals surface area contributed by atoms with Crippen LogP contribution in [0.4, 0.5) is 0 Å². The van der Waals surface area contributed by atoms with Gasteiger partial charge in [0, 0.05) is 5.56 Å². The SMILES string of the molecule is Cc1ccccc1COc1ccccc1C=NN. The molecule has 3 nitrogen and oxygen atoms in total. The highest BCUT2D eigenvalue weighted by Gasteiger charge is 2.02. The topological polar surface area (TPSA) is 47.6 Å². The number of nitrogens with zero attached hydrogens (tertiary/aromatic N) is 1. The van der Waals surface area contributed by atoms with Crippen LogP contribution in [-0.4, -0.2) is 6.21 Å². The van der Waals surface area contributed by atoms with Crippen molar-refractivity contribution in [1.82, 2.24) is 0 Å². The average molecular weight is 240 g/mol. The van der Waals surface area contributed by atoms with Gasteiger partial charge in [-0.3, -0.25) is 0 Å². The Balaban J connectivity index is 2.13. The first-order valence-electron chi connectivity index (χ1n) is 5.81. The minimum atomic E-state index is 0.544. The molecule has 0 atom stereocenters. The van der Waals surface area contributed by atoms with Crippen LogP contribution in [0, 0.1) is 6.92 Å². The van der Waals surface area contributed by atoms with E-state index < -0.39 is 0 Å². The van der Waals surface area contributed by atoms with Gasteiger partial charge in [0.1, 0.15) is 12.4 Å². The summed E-state index contributed by atoms with van der Waals surface area (Å²) in [5.74, 6) is 5.96. The van der Waals surface area contributed by atoms with Crippen LogP contribution in [0.2, 0.25) is 0 Å². The van der Waals surface area contributed by atoms with Crippen molar-refractivity contribution in [1.29, 1.82) is 0 Å². The maximum Gasteiger partial charge on any atom is 0.128 e. The van der Waals surface area contributed by atoms with Gasteiger partial charge in [0.2, 0.25) is 0 Å². The predicted octanol–water partition coefficient (Wildman–Crippen LogP) is 2.87. The number of benzene rings is 2. The zero-order valence-corrected chi connectivity index (χ0v) is 10.3. The Bertz CT molecular complexity index is 550. The smallest absolute Gasteiger partial charge is 0.128 e. The van der Waals surface area contributed by atoms with Crippen molar-refractivity contribution < 1.29 is 4.74 Å². The number of hydrogen-bond donors (Lipinski definition) is 1. The second kappa shape index (κ2) is 5.87. The monoisotopic (exact) mass is 240 g/mol. The number of ether oxygens (including phenoxy) is 1. The summed E-state index contributed by atoms with van der Waals surface area (Å²) < 4.78 is 5.81. The lowest BCUT2D eigenvalue weighted by Crippen LogP contribution is -2.00. The second-order valence-electron chi connectivity index (χ2n) is 4.03. The zero-order valence-electron chi connectivity index (χ0n) is 10.3. The lowest BCUT2D eigenvalue weighted by Gasteiger charge is -2.10. The number of nitrogens with two attached hydrogens (primary N) is 1. The standard InChI is InChI=1S/C15H16N2O/c1-12-6-2-3-8-14(12)11-18-15-9-5-4-7-13(15)10-17-16/h2-10H,11,16H2,1H3. The molecule has 2 aromatic carbocycles. The minimum absolute atomic E-state index is 0.544. The summed E-state index contributed by atoms with van der Waals surface area (Å²) in [7, 11) is 0. The summed E-state index contributed by atoms with van der Waals surface area (Å²) in [4.78, 5) is 0. The lowest BCUT2D eigenvalue weighted by molar-refractivity contribution is 0.305. The van der Waals surface area contributed by atoms with Crippen LogP contribution in [0.15, 0.2) is 53.6 Å². The molecule has 0 unspecified atom stereocenters. The molecule has 0 amide bonds. The molecule has 0 aliphatic rings. The van der Waals surface area contributed by atoms with E-state index in [0.29, 0.717) is 6.61 Å². The maximum absolute atomic E-state index is 5.81. The molecule has 0 radical (unpaired) electrons. The highest BCUT2D eigenvalue weighted by Crippen LogP contribution is 2.18. The normalized spacial score (nSPS) is 10.7. The Morgan fingerprint density at radius 2 is 1.83 bits per heavy atom. The van der Waals surface area contributed by atoms with Crippen molar-refractivity contribution in [2.45, 2.75) is 13.5 Å². The van der Waals surface area contributed by atoms with Crippen molar-refractivity contribution in [2.24, 2.45) is 10.9 Å². The summed E-state index contributed by atoms with van der Waals surface area (Å²) in [5.41, 5.74) is 3.29. The van der Waals surface area contributed by atoms with Gasteiger partial charge in [0.15, 0.2) is 0 Å². The number of hydrogen-bond acceptors (Lipinski definition) is 3. The molecule has 0 aliphatic carbocycles. The summed E-state index contributed by atoms with van der Waals surface area (Å²) in [6.45, 7) is 2.62. The van der Waals surface area contributed by atoms with Crippen LogP contribution in [0.5, 0.6) is 5.75 Å². The molecule has 2 N–H and O–H groups in total. The van der Waals surface area contributed by atoms with Crippen molar-refractivity contribution >= 4 is 6.21 Å². The molecule has 0 saturated heterocycles. The molecule has 3 heteroatoms. The molecule has 0 heterocycles. The summed E-state index contributed by atoms with van der Waals surface area (Å²) in [6, 6.07) is 15.9. The van der Waals surface area contributed by atoms with E-state index >= 15 is 0 Å². The van der Waals surface area contributed by atoms with Crippen LogP contribution in [0.25, 0.3) is 0 Å². The van der Waals surface area contributed by atoms with Crippen LogP contribution in [-0.2, 0) is 6.61 Å². The van der Waals surface area contributed by atoms with Crippen LogP contribution in [0.1, 0.15) is 16.7 Å². The molecule has 0 bridgehead atoms. The van der Waals surface area contributed by atoms with Gasteiger partial charge >= 0.3 is 0 Å². The van der Waals surface area contributed by atoms with Gasteiger partial charge in [0.25, 0.3) is 0 Å². The highest BCUT2D eigenvalue weighted by atomic mass is 16.5. The van der Waals surface area contributed by atoms with E-state index in [1.54, 1.807) is 6.21 Å². The quantitative estimate of drug-likeness (QED) is 0.507. The van der Waals surface area contributed by atoms with E-state index in [1.807, 2.05) is 36.4 Å². The van der Waals surface area contributed by atoms with Gasteiger partial charge in [-0.05, 0) is 30.2 Å². The van der Waals surface area contributed by atoms with Crippen molar-refractivity contribution in [2.75, 3.05) is 0 Å². The molecule has 18 heavy (non-hydrogen) atoms. The molecule has 0 fully saturated rings. The van der Waals surface area contributed by atoms with Gasteiger partial charge < -0.3 is 10.6 Å². The average Bonchev–Trinajstić information content (AvgIpc) is 2.40.